The number of ether oxygens (including phenoxy) is 1. The van der Waals surface area contributed by atoms with Crippen LogP contribution in [0.3, 0.4) is 0 Å². The molecule has 0 unspecified atom stereocenters. The summed E-state index contributed by atoms with van der Waals surface area (Å²) in [4.78, 5) is 39.8. The maximum absolute atomic E-state index is 12.7. The normalized spacial score (nSPS) is 14.0. The van der Waals surface area contributed by atoms with Crippen molar-refractivity contribution in [3.05, 3.63) is 81.1 Å². The first kappa shape index (κ1) is 17.2. The lowest BCUT2D eigenvalue weighted by Gasteiger charge is -2.14. The second-order valence-corrected chi connectivity index (χ2v) is 6.84. The Labute approximate surface area is 156 Å². The summed E-state index contributed by atoms with van der Waals surface area (Å²) in [6, 6.07) is 13.9. The van der Waals surface area contributed by atoms with E-state index in [1.54, 1.807) is 37.3 Å². The van der Waals surface area contributed by atoms with Crippen LogP contribution in [0.1, 0.15) is 45.2 Å². The van der Waals surface area contributed by atoms with Crippen LogP contribution in [0.15, 0.2) is 53.3 Å². The van der Waals surface area contributed by atoms with Gasteiger partial charge in [0.15, 0.2) is 6.10 Å². The molecular weight excluding hydrogens is 342 g/mol. The molecule has 4 rings (SSSR count). The Morgan fingerprint density at radius 3 is 2.67 bits per heavy atom. The van der Waals surface area contributed by atoms with Crippen LogP contribution in [0.5, 0.6) is 0 Å². The van der Waals surface area contributed by atoms with E-state index < -0.39 is 17.6 Å². The molecule has 5 nitrogen and oxygen atoms in total. The number of rotatable bonds is 4. The Morgan fingerprint density at radius 1 is 1.04 bits per heavy atom. The van der Waals surface area contributed by atoms with E-state index in [1.807, 2.05) is 12.1 Å². The predicted octanol–water partition coefficient (Wildman–Crippen LogP) is 3.45. The Morgan fingerprint density at radius 2 is 1.81 bits per heavy atom. The van der Waals surface area contributed by atoms with Gasteiger partial charge in [0.1, 0.15) is 0 Å². The first-order valence-electron chi connectivity index (χ1n) is 9.02. The van der Waals surface area contributed by atoms with Crippen molar-refractivity contribution in [2.75, 3.05) is 0 Å². The molecular formula is C22H19NO4. The third kappa shape index (κ3) is 3.28. The Bertz CT molecular complexity index is 1110. The molecule has 0 radical (unpaired) electrons. The third-order valence-electron chi connectivity index (χ3n) is 5.01. The van der Waals surface area contributed by atoms with Crippen molar-refractivity contribution in [1.82, 2.24) is 4.98 Å². The van der Waals surface area contributed by atoms with Crippen molar-refractivity contribution in [1.29, 1.82) is 0 Å². The number of fused-ring (bicyclic) bond motifs is 2. The number of carbonyl (C=O) groups is 2. The van der Waals surface area contributed by atoms with Gasteiger partial charge < -0.3 is 9.72 Å². The molecule has 1 aliphatic carbocycles. The predicted molar refractivity (Wildman–Crippen MR) is 102 cm³/mol. The smallest absolute Gasteiger partial charge is 0.339 e. The number of para-hydroxylation sites is 1. The second-order valence-electron chi connectivity index (χ2n) is 6.84. The SMILES string of the molecule is C[C@H](OC(=O)c1cc(=O)[nH]c2ccccc12)C(=O)c1ccc2c(c1)CCC2. The number of pyridine rings is 1. The van der Waals surface area contributed by atoms with Crippen molar-refractivity contribution in [3.8, 4) is 0 Å². The van der Waals surface area contributed by atoms with Crippen LogP contribution < -0.4 is 5.56 Å². The van der Waals surface area contributed by atoms with Crippen LogP contribution in [0.2, 0.25) is 0 Å². The molecule has 0 bridgehead atoms. The summed E-state index contributed by atoms with van der Waals surface area (Å²) in [5, 5.41) is 0.583. The van der Waals surface area contributed by atoms with E-state index in [1.165, 1.54) is 17.2 Å². The molecule has 0 spiro atoms. The fourth-order valence-corrected chi connectivity index (χ4v) is 3.61. The molecule has 0 amide bonds. The molecule has 0 saturated carbocycles. The highest BCUT2D eigenvalue weighted by Crippen LogP contribution is 2.24. The number of hydrogen-bond acceptors (Lipinski definition) is 4. The van der Waals surface area contributed by atoms with E-state index in [2.05, 4.69) is 4.98 Å². The number of aromatic nitrogens is 1. The number of ketones is 1. The van der Waals surface area contributed by atoms with Crippen LogP contribution >= 0.6 is 0 Å². The Kier molecular flexibility index (Phi) is 4.36. The van der Waals surface area contributed by atoms with Crippen LogP contribution in [0, 0.1) is 0 Å². The first-order chi connectivity index (χ1) is 13.0. The number of hydrogen-bond donors (Lipinski definition) is 1. The number of H-pyrrole nitrogens is 1. The molecule has 1 N–H and O–H groups in total. The molecule has 0 fully saturated rings. The van der Waals surface area contributed by atoms with Gasteiger partial charge in [0, 0.05) is 22.5 Å². The highest BCUT2D eigenvalue weighted by Gasteiger charge is 2.23. The van der Waals surface area contributed by atoms with Crippen LogP contribution in [-0.4, -0.2) is 22.8 Å². The van der Waals surface area contributed by atoms with Crippen molar-refractivity contribution in [2.24, 2.45) is 0 Å². The minimum Gasteiger partial charge on any atom is -0.451 e. The van der Waals surface area contributed by atoms with Gasteiger partial charge in [-0.1, -0.05) is 30.3 Å². The summed E-state index contributed by atoms with van der Waals surface area (Å²) >= 11 is 0. The topological polar surface area (TPSA) is 76.2 Å². The van der Waals surface area contributed by atoms with Gasteiger partial charge in [0.2, 0.25) is 11.3 Å². The zero-order valence-corrected chi connectivity index (χ0v) is 15.0. The molecule has 5 heteroatoms. The quantitative estimate of drug-likeness (QED) is 0.570. The average molecular weight is 361 g/mol. The van der Waals surface area contributed by atoms with Gasteiger partial charge in [-0.15, -0.1) is 0 Å². The maximum atomic E-state index is 12.7. The summed E-state index contributed by atoms with van der Waals surface area (Å²) in [6.45, 7) is 1.56. The Hall–Kier alpha value is -3.21. The third-order valence-corrected chi connectivity index (χ3v) is 5.01. The van der Waals surface area contributed by atoms with E-state index in [0.29, 0.717) is 16.5 Å². The van der Waals surface area contributed by atoms with Crippen LogP contribution in [0.4, 0.5) is 0 Å². The largest absolute Gasteiger partial charge is 0.451 e. The van der Waals surface area contributed by atoms with E-state index in [9.17, 15) is 14.4 Å². The van der Waals surface area contributed by atoms with Crippen LogP contribution in [0.25, 0.3) is 10.9 Å². The zero-order chi connectivity index (χ0) is 19.0. The summed E-state index contributed by atoms with van der Waals surface area (Å²) in [5.74, 6) is -0.925. The second kappa shape index (κ2) is 6.83. The average Bonchev–Trinajstić information content (AvgIpc) is 3.14. The number of Topliss-reactive ketones (excluding diaryl/α,β-unsaturated/α-hetero) is 1. The van der Waals surface area contributed by atoms with Gasteiger partial charge in [0.05, 0.1) is 5.56 Å². The van der Waals surface area contributed by atoms with Crippen LogP contribution in [-0.2, 0) is 17.6 Å². The Balaban J connectivity index is 1.58. The molecule has 2 aromatic carbocycles. The number of nitrogens with one attached hydrogen (secondary N) is 1. The van der Waals surface area contributed by atoms with Gasteiger partial charge in [-0.25, -0.2) is 4.79 Å². The molecule has 1 atom stereocenters. The highest BCUT2D eigenvalue weighted by atomic mass is 16.5. The highest BCUT2D eigenvalue weighted by molar-refractivity contribution is 6.05. The van der Waals surface area contributed by atoms with Gasteiger partial charge in [-0.2, -0.15) is 0 Å². The fourth-order valence-electron chi connectivity index (χ4n) is 3.61. The molecule has 0 saturated heterocycles. The standard InChI is InChI=1S/C22H19NO4/c1-13(21(25)16-10-9-14-5-4-6-15(14)11-16)27-22(26)18-12-20(24)23-19-8-3-2-7-17(18)19/h2-3,7-13H,4-6H2,1H3,(H,23,24)/t13-/m0/s1. The number of carbonyl (C=O) groups excluding carboxylic acids is 2. The van der Waals surface area contributed by atoms with Crippen molar-refractivity contribution in [3.63, 3.8) is 0 Å². The molecule has 1 aromatic heterocycles. The van der Waals surface area contributed by atoms with E-state index >= 15 is 0 Å². The summed E-state index contributed by atoms with van der Waals surface area (Å²) in [6.07, 6.45) is 2.19. The minimum atomic E-state index is -0.935. The van der Waals surface area contributed by atoms with Gasteiger partial charge in [0.25, 0.3) is 0 Å². The lowest BCUT2D eigenvalue weighted by molar-refractivity contribution is 0.0320. The number of aryl methyl sites for hydroxylation is 2. The van der Waals surface area contributed by atoms with Gasteiger partial charge in [-0.05, 0) is 49.4 Å². The lowest BCUT2D eigenvalue weighted by Crippen LogP contribution is -2.25. The van der Waals surface area contributed by atoms with E-state index in [-0.39, 0.29) is 11.3 Å². The first-order valence-corrected chi connectivity index (χ1v) is 9.02. The molecule has 1 aliphatic rings. The van der Waals surface area contributed by atoms with Gasteiger partial charge >= 0.3 is 5.97 Å². The minimum absolute atomic E-state index is 0.156. The molecule has 27 heavy (non-hydrogen) atoms. The molecule has 3 aromatic rings. The number of aromatic amines is 1. The van der Waals surface area contributed by atoms with Crippen molar-refractivity contribution < 1.29 is 14.3 Å². The summed E-state index contributed by atoms with van der Waals surface area (Å²) in [7, 11) is 0. The number of esters is 1. The monoisotopic (exact) mass is 361 g/mol. The molecule has 1 heterocycles. The van der Waals surface area contributed by atoms with E-state index in [4.69, 9.17) is 4.74 Å². The summed E-state index contributed by atoms with van der Waals surface area (Å²) in [5.41, 5.74) is 3.34. The van der Waals surface area contributed by atoms with E-state index in [0.717, 1.165) is 19.3 Å². The van der Waals surface area contributed by atoms with Crippen molar-refractivity contribution in [2.45, 2.75) is 32.3 Å². The lowest BCUT2D eigenvalue weighted by atomic mass is 10.0. The molecule has 0 aliphatic heterocycles. The number of benzene rings is 2. The zero-order valence-electron chi connectivity index (χ0n) is 15.0. The fraction of sp³-hybridized carbons (Fsp3) is 0.227. The summed E-state index contributed by atoms with van der Waals surface area (Å²) < 4.78 is 5.39. The molecule has 136 valence electrons. The van der Waals surface area contributed by atoms with Gasteiger partial charge in [-0.3, -0.25) is 9.59 Å². The van der Waals surface area contributed by atoms with Crippen molar-refractivity contribution >= 4 is 22.7 Å². The maximum Gasteiger partial charge on any atom is 0.339 e.